The van der Waals surface area contributed by atoms with Crippen LogP contribution in [0.3, 0.4) is 0 Å². The molecule has 0 saturated carbocycles. The van der Waals surface area contributed by atoms with Crippen LogP contribution in [-0.2, 0) is 21.4 Å². The molecule has 4 aromatic carbocycles. The fourth-order valence-corrected chi connectivity index (χ4v) is 6.81. The molecule has 0 amide bonds. The Morgan fingerprint density at radius 2 is 1.73 bits per heavy atom. The molecule has 0 atom stereocenters. The van der Waals surface area contributed by atoms with E-state index in [4.69, 9.17) is 9.47 Å². The molecule has 9 nitrogen and oxygen atoms in total. The Balaban J connectivity index is 1.44. The zero-order chi connectivity index (χ0) is 30.7. The second kappa shape index (κ2) is 12.5. The first-order valence-corrected chi connectivity index (χ1v) is 15.6. The van der Waals surface area contributed by atoms with Crippen LogP contribution in [0.1, 0.15) is 21.5 Å². The van der Waals surface area contributed by atoms with Crippen molar-refractivity contribution in [1.29, 1.82) is 0 Å². The summed E-state index contributed by atoms with van der Waals surface area (Å²) in [5, 5.41) is 13.5. The van der Waals surface area contributed by atoms with Gasteiger partial charge in [-0.2, -0.15) is 4.31 Å². The molecule has 2 heterocycles. The standard InChI is InChI=1S/C34H31N3O6S/c1-23-19-26(43-22-24-7-3-2-4-8-24)12-13-27(23)25-11-14-30-29(20-25)33(36-31-10-6-5-9-28(31)34(38)39)32(21-35-30)44(40,41)37-15-17-42-18-16-37/h2-14,19-21H,15-18,22H2,1H3,(H,35,36)(H,38,39). The highest BCUT2D eigenvalue weighted by atomic mass is 32.2. The maximum atomic E-state index is 13.9. The van der Waals surface area contributed by atoms with Gasteiger partial charge in [0.15, 0.2) is 0 Å². The van der Waals surface area contributed by atoms with Gasteiger partial charge in [0.05, 0.1) is 35.7 Å². The monoisotopic (exact) mass is 609 g/mol. The molecule has 224 valence electrons. The second-order valence-corrected chi connectivity index (χ2v) is 12.4. The molecule has 0 spiro atoms. The second-order valence-electron chi connectivity index (χ2n) is 10.5. The average Bonchev–Trinajstić information content (AvgIpc) is 3.05. The number of aromatic nitrogens is 1. The molecule has 5 aromatic rings. The predicted molar refractivity (Wildman–Crippen MR) is 169 cm³/mol. The number of aromatic carboxylic acids is 1. The molecule has 1 saturated heterocycles. The van der Waals surface area contributed by atoms with E-state index in [9.17, 15) is 18.3 Å². The molecule has 10 heteroatoms. The van der Waals surface area contributed by atoms with Gasteiger partial charge < -0.3 is 19.9 Å². The number of nitrogens with one attached hydrogen (secondary N) is 1. The van der Waals surface area contributed by atoms with Gasteiger partial charge >= 0.3 is 5.97 Å². The van der Waals surface area contributed by atoms with E-state index in [1.54, 1.807) is 18.2 Å². The van der Waals surface area contributed by atoms with Gasteiger partial charge in [-0.1, -0.05) is 54.6 Å². The van der Waals surface area contributed by atoms with Crippen LogP contribution in [0.4, 0.5) is 11.4 Å². The van der Waals surface area contributed by atoms with E-state index in [1.807, 2.05) is 73.7 Å². The SMILES string of the molecule is Cc1cc(OCc2ccccc2)ccc1-c1ccc2ncc(S(=O)(=O)N3CCOCC3)c(Nc3ccccc3C(=O)O)c2c1. The first-order chi connectivity index (χ1) is 21.3. The van der Waals surface area contributed by atoms with E-state index in [0.717, 1.165) is 28.0 Å². The van der Waals surface area contributed by atoms with Crippen molar-refractivity contribution in [3.63, 3.8) is 0 Å². The molecule has 1 fully saturated rings. The van der Waals surface area contributed by atoms with Crippen molar-refractivity contribution in [1.82, 2.24) is 9.29 Å². The Labute approximate surface area is 255 Å². The number of carboxylic acids is 1. The number of anilines is 2. The number of morpholine rings is 1. The summed E-state index contributed by atoms with van der Waals surface area (Å²) < 4.78 is 40.6. The first kappa shape index (κ1) is 29.3. The summed E-state index contributed by atoms with van der Waals surface area (Å²) in [6, 6.07) is 27.9. The van der Waals surface area contributed by atoms with Crippen LogP contribution < -0.4 is 10.1 Å². The average molecular weight is 610 g/mol. The van der Waals surface area contributed by atoms with Crippen molar-refractivity contribution in [2.45, 2.75) is 18.4 Å². The zero-order valence-corrected chi connectivity index (χ0v) is 24.9. The van der Waals surface area contributed by atoms with E-state index in [1.165, 1.54) is 16.6 Å². The van der Waals surface area contributed by atoms with Crippen LogP contribution in [0, 0.1) is 6.92 Å². The number of ether oxygens (including phenoxy) is 2. The Hall–Kier alpha value is -4.77. The summed E-state index contributed by atoms with van der Waals surface area (Å²) in [4.78, 5) is 16.5. The summed E-state index contributed by atoms with van der Waals surface area (Å²) in [6.07, 6.45) is 1.34. The number of aryl methyl sites for hydroxylation is 1. The Bertz CT molecular complexity index is 1940. The Morgan fingerprint density at radius 3 is 2.48 bits per heavy atom. The maximum Gasteiger partial charge on any atom is 0.337 e. The summed E-state index contributed by atoms with van der Waals surface area (Å²) >= 11 is 0. The quantitative estimate of drug-likeness (QED) is 0.201. The molecule has 6 rings (SSSR count). The minimum atomic E-state index is -3.99. The number of benzene rings is 4. The zero-order valence-electron chi connectivity index (χ0n) is 24.1. The van der Waals surface area contributed by atoms with E-state index >= 15 is 0 Å². The van der Waals surface area contributed by atoms with Gasteiger partial charge in [0.1, 0.15) is 17.3 Å². The number of para-hydroxylation sites is 1. The molecule has 0 radical (unpaired) electrons. The van der Waals surface area contributed by atoms with Crippen molar-refractivity contribution in [2.75, 3.05) is 31.6 Å². The van der Waals surface area contributed by atoms with Gasteiger partial charge in [-0.15, -0.1) is 0 Å². The maximum absolute atomic E-state index is 13.9. The molecule has 1 aromatic heterocycles. The highest BCUT2D eigenvalue weighted by Crippen LogP contribution is 2.38. The third-order valence-electron chi connectivity index (χ3n) is 7.60. The molecule has 0 bridgehead atoms. The van der Waals surface area contributed by atoms with Crippen molar-refractivity contribution in [2.24, 2.45) is 0 Å². The van der Waals surface area contributed by atoms with Gasteiger partial charge in [0.25, 0.3) is 0 Å². The summed E-state index contributed by atoms with van der Waals surface area (Å²) in [7, 11) is -3.99. The molecular formula is C34H31N3O6S. The molecule has 1 aliphatic rings. The van der Waals surface area contributed by atoms with Crippen molar-refractivity contribution < 1.29 is 27.8 Å². The van der Waals surface area contributed by atoms with E-state index < -0.39 is 16.0 Å². The third-order valence-corrected chi connectivity index (χ3v) is 9.51. The van der Waals surface area contributed by atoms with E-state index in [2.05, 4.69) is 10.3 Å². The number of fused-ring (bicyclic) bond motifs is 1. The molecule has 44 heavy (non-hydrogen) atoms. The van der Waals surface area contributed by atoms with Crippen LogP contribution >= 0.6 is 0 Å². The van der Waals surface area contributed by atoms with Gasteiger partial charge in [-0.25, -0.2) is 13.2 Å². The fraction of sp³-hybridized carbons (Fsp3) is 0.176. The predicted octanol–water partition coefficient (Wildman–Crippen LogP) is 6.25. The lowest BCUT2D eigenvalue weighted by Crippen LogP contribution is -2.40. The summed E-state index contributed by atoms with van der Waals surface area (Å²) in [6.45, 7) is 3.45. The summed E-state index contributed by atoms with van der Waals surface area (Å²) in [5.74, 6) is -0.390. The molecule has 0 aliphatic carbocycles. The molecule has 0 unspecified atom stereocenters. The lowest BCUT2D eigenvalue weighted by Gasteiger charge is -2.27. The molecule has 2 N–H and O–H groups in total. The topological polar surface area (TPSA) is 118 Å². The first-order valence-electron chi connectivity index (χ1n) is 14.2. The largest absolute Gasteiger partial charge is 0.489 e. The van der Waals surface area contributed by atoms with E-state index in [-0.39, 0.29) is 34.9 Å². The van der Waals surface area contributed by atoms with Crippen LogP contribution in [0.2, 0.25) is 0 Å². The molecular weight excluding hydrogens is 578 g/mol. The highest BCUT2D eigenvalue weighted by molar-refractivity contribution is 7.89. The third kappa shape index (κ3) is 6.00. The van der Waals surface area contributed by atoms with Gasteiger partial charge in [-0.05, 0) is 65.6 Å². The smallest absolute Gasteiger partial charge is 0.337 e. The Morgan fingerprint density at radius 1 is 0.977 bits per heavy atom. The fourth-order valence-electron chi connectivity index (χ4n) is 5.30. The number of pyridine rings is 1. The van der Waals surface area contributed by atoms with E-state index in [0.29, 0.717) is 30.7 Å². The number of hydrogen-bond donors (Lipinski definition) is 2. The number of hydrogen-bond acceptors (Lipinski definition) is 7. The van der Waals surface area contributed by atoms with Crippen LogP contribution in [0.5, 0.6) is 5.75 Å². The highest BCUT2D eigenvalue weighted by Gasteiger charge is 2.30. The van der Waals surface area contributed by atoms with Crippen molar-refractivity contribution in [3.8, 4) is 16.9 Å². The van der Waals surface area contributed by atoms with Crippen molar-refractivity contribution in [3.05, 3.63) is 114 Å². The minimum Gasteiger partial charge on any atom is -0.489 e. The van der Waals surface area contributed by atoms with Gasteiger partial charge in [-0.3, -0.25) is 4.98 Å². The van der Waals surface area contributed by atoms with Crippen LogP contribution in [-0.4, -0.2) is 55.1 Å². The van der Waals surface area contributed by atoms with Crippen LogP contribution in [0.25, 0.3) is 22.0 Å². The number of carbonyl (C=O) groups is 1. The van der Waals surface area contributed by atoms with Crippen molar-refractivity contribution >= 4 is 38.3 Å². The number of rotatable bonds is 9. The van der Waals surface area contributed by atoms with Crippen LogP contribution in [0.15, 0.2) is 102 Å². The number of nitrogens with zero attached hydrogens (tertiary/aromatic N) is 2. The molecule has 1 aliphatic heterocycles. The lowest BCUT2D eigenvalue weighted by atomic mass is 9.98. The summed E-state index contributed by atoms with van der Waals surface area (Å²) in [5.41, 5.74) is 4.95. The Kier molecular flexibility index (Phi) is 8.30. The number of carboxylic acid groups (broad SMARTS) is 1. The number of sulfonamides is 1. The lowest BCUT2D eigenvalue weighted by molar-refractivity contribution is 0.0698. The normalized spacial score (nSPS) is 13.9. The van der Waals surface area contributed by atoms with Gasteiger partial charge in [0, 0.05) is 24.7 Å². The minimum absolute atomic E-state index is 0.0188. The van der Waals surface area contributed by atoms with Gasteiger partial charge in [0.2, 0.25) is 10.0 Å².